The van der Waals surface area contributed by atoms with Crippen molar-refractivity contribution in [3.05, 3.63) is 68.8 Å². The predicted molar refractivity (Wildman–Crippen MR) is 123 cm³/mol. The number of hydrogen-bond donors (Lipinski definition) is 1. The van der Waals surface area contributed by atoms with E-state index in [1.54, 1.807) is 19.9 Å². The molecule has 2 aromatic carbocycles. The predicted octanol–water partition coefficient (Wildman–Crippen LogP) is 5.63. The highest BCUT2D eigenvalue weighted by molar-refractivity contribution is 6.33. The third kappa shape index (κ3) is 5.43. The summed E-state index contributed by atoms with van der Waals surface area (Å²) in [4.78, 5) is 35.4. The van der Waals surface area contributed by atoms with Gasteiger partial charge >= 0.3 is 11.9 Å². The van der Waals surface area contributed by atoms with Gasteiger partial charge in [0.1, 0.15) is 11.6 Å². The first-order chi connectivity index (χ1) is 16.3. The Morgan fingerprint density at radius 1 is 1.17 bits per heavy atom. The number of aromatic amines is 1. The van der Waals surface area contributed by atoms with E-state index < -0.39 is 41.4 Å². The number of hydrogen-bond acceptors (Lipinski definition) is 5. The first-order valence-corrected chi connectivity index (χ1v) is 10.8. The van der Waals surface area contributed by atoms with Crippen LogP contribution in [0.1, 0.15) is 37.3 Å². The van der Waals surface area contributed by atoms with Gasteiger partial charge in [0.2, 0.25) is 5.60 Å². The number of benzene rings is 2. The monoisotopic (exact) mass is 511 g/mol. The molecule has 186 valence electrons. The van der Waals surface area contributed by atoms with Gasteiger partial charge in [-0.15, -0.1) is 0 Å². The van der Waals surface area contributed by atoms with Gasteiger partial charge in [-0.3, -0.25) is 9.78 Å². The molecular weight excluding hydrogens is 490 g/mol. The minimum atomic E-state index is -4.88. The number of H-pyrrole nitrogens is 1. The van der Waals surface area contributed by atoms with Crippen molar-refractivity contribution in [1.29, 1.82) is 0 Å². The standard InChI is InChI=1S/C24H22ClF4N3O3/c1-12(10-19(33)23(3,35-4)24(27,28)29)14-5-7-17(25)16(11-14)21-30-20(31-22(34)32-21)15-6-8-18(26)13(2)9-15/h5-9,11-12H,10H2,1-4H3,(H,30,31,32,34). The molecule has 2 atom stereocenters. The zero-order valence-electron chi connectivity index (χ0n) is 19.3. The minimum Gasteiger partial charge on any atom is -0.362 e. The average molecular weight is 512 g/mol. The van der Waals surface area contributed by atoms with Crippen molar-refractivity contribution in [3.8, 4) is 22.8 Å². The van der Waals surface area contributed by atoms with E-state index in [4.69, 9.17) is 11.6 Å². The van der Waals surface area contributed by atoms with Gasteiger partial charge < -0.3 is 4.74 Å². The smallest absolute Gasteiger partial charge is 0.362 e. The highest BCUT2D eigenvalue weighted by Crippen LogP contribution is 2.37. The van der Waals surface area contributed by atoms with Crippen LogP contribution in [0.15, 0.2) is 41.2 Å². The van der Waals surface area contributed by atoms with Crippen molar-refractivity contribution in [1.82, 2.24) is 15.0 Å². The van der Waals surface area contributed by atoms with Crippen LogP contribution in [0.5, 0.6) is 0 Å². The van der Waals surface area contributed by atoms with Crippen LogP contribution >= 0.6 is 11.6 Å². The maximum atomic E-state index is 13.6. The summed E-state index contributed by atoms with van der Waals surface area (Å²) in [5.41, 5.74) is -2.12. The van der Waals surface area contributed by atoms with Crippen molar-refractivity contribution < 1.29 is 27.1 Å². The molecule has 2 unspecified atom stereocenters. The van der Waals surface area contributed by atoms with Crippen molar-refractivity contribution >= 4 is 17.4 Å². The second kappa shape index (κ2) is 9.87. The molecule has 35 heavy (non-hydrogen) atoms. The zero-order chi connectivity index (χ0) is 26.1. The molecule has 1 aromatic heterocycles. The molecular formula is C24H22ClF4N3O3. The maximum absolute atomic E-state index is 13.6. The second-order valence-corrected chi connectivity index (χ2v) is 8.70. The van der Waals surface area contributed by atoms with Gasteiger partial charge in [0.15, 0.2) is 11.6 Å². The lowest BCUT2D eigenvalue weighted by Crippen LogP contribution is -2.51. The van der Waals surface area contributed by atoms with Crippen LogP contribution in [0.4, 0.5) is 17.6 Å². The van der Waals surface area contributed by atoms with Gasteiger partial charge in [0.25, 0.3) is 0 Å². The molecule has 0 fully saturated rings. The number of rotatable bonds is 7. The number of Topliss-reactive ketones (excluding diaryl/α,β-unsaturated/α-hetero) is 1. The largest absolute Gasteiger partial charge is 0.424 e. The fourth-order valence-electron chi connectivity index (χ4n) is 3.43. The summed E-state index contributed by atoms with van der Waals surface area (Å²) >= 11 is 6.33. The van der Waals surface area contributed by atoms with Crippen LogP contribution in [-0.4, -0.2) is 39.6 Å². The van der Waals surface area contributed by atoms with Gasteiger partial charge in [-0.05, 0) is 61.2 Å². The Bertz CT molecular complexity index is 1330. The molecule has 1 heterocycles. The van der Waals surface area contributed by atoms with E-state index in [1.165, 1.54) is 30.3 Å². The van der Waals surface area contributed by atoms with E-state index in [0.717, 1.165) is 7.11 Å². The Hall–Kier alpha value is -3.11. The third-order valence-electron chi connectivity index (χ3n) is 5.85. The number of halogens is 5. The maximum Gasteiger partial charge on any atom is 0.424 e. The normalized spacial score (nSPS) is 14.4. The molecule has 0 aliphatic heterocycles. The molecule has 6 nitrogen and oxygen atoms in total. The summed E-state index contributed by atoms with van der Waals surface area (Å²) in [6.07, 6.45) is -5.33. The number of nitrogens with zero attached hydrogens (tertiary/aromatic N) is 2. The number of carbonyl (C=O) groups is 1. The van der Waals surface area contributed by atoms with Gasteiger partial charge in [-0.1, -0.05) is 24.6 Å². The summed E-state index contributed by atoms with van der Waals surface area (Å²) in [7, 11) is 0.835. The van der Waals surface area contributed by atoms with Crippen molar-refractivity contribution in [2.24, 2.45) is 0 Å². The molecule has 0 saturated carbocycles. The number of alkyl halides is 3. The number of nitrogens with one attached hydrogen (secondary N) is 1. The quantitative estimate of drug-likeness (QED) is 0.416. The highest BCUT2D eigenvalue weighted by atomic mass is 35.5. The lowest BCUT2D eigenvalue weighted by Gasteiger charge is -2.30. The van der Waals surface area contributed by atoms with Gasteiger partial charge in [-0.25, -0.2) is 14.2 Å². The second-order valence-electron chi connectivity index (χ2n) is 8.29. The summed E-state index contributed by atoms with van der Waals surface area (Å²) in [5, 5.41) is 0.208. The number of methoxy groups -OCH3 is 1. The van der Waals surface area contributed by atoms with E-state index in [0.29, 0.717) is 23.6 Å². The van der Waals surface area contributed by atoms with Crippen LogP contribution in [0.3, 0.4) is 0 Å². The molecule has 0 bridgehead atoms. The molecule has 0 radical (unpaired) electrons. The molecule has 0 aliphatic carbocycles. The summed E-state index contributed by atoms with van der Waals surface area (Å²) in [6, 6.07) is 8.76. The lowest BCUT2D eigenvalue weighted by molar-refractivity contribution is -0.252. The van der Waals surface area contributed by atoms with Crippen LogP contribution in [0.25, 0.3) is 22.8 Å². The summed E-state index contributed by atoms with van der Waals surface area (Å²) in [5.74, 6) is -2.08. The van der Waals surface area contributed by atoms with Crippen LogP contribution < -0.4 is 5.69 Å². The zero-order valence-corrected chi connectivity index (χ0v) is 20.0. The lowest BCUT2D eigenvalue weighted by atomic mass is 9.88. The number of ketones is 1. The minimum absolute atomic E-state index is 0.0394. The average Bonchev–Trinajstić information content (AvgIpc) is 2.79. The van der Waals surface area contributed by atoms with Crippen molar-refractivity contribution in [3.63, 3.8) is 0 Å². The highest BCUT2D eigenvalue weighted by Gasteiger charge is 2.57. The topological polar surface area (TPSA) is 84.9 Å². The van der Waals surface area contributed by atoms with Gasteiger partial charge in [0.05, 0.1) is 5.02 Å². The fraction of sp³-hybridized carbons (Fsp3) is 0.333. The fourth-order valence-corrected chi connectivity index (χ4v) is 3.64. The Morgan fingerprint density at radius 2 is 1.86 bits per heavy atom. The van der Waals surface area contributed by atoms with E-state index in [2.05, 4.69) is 19.7 Å². The van der Waals surface area contributed by atoms with Crippen LogP contribution in [0, 0.1) is 12.7 Å². The Morgan fingerprint density at radius 3 is 2.46 bits per heavy atom. The number of aromatic nitrogens is 3. The summed E-state index contributed by atoms with van der Waals surface area (Å²) in [6.45, 7) is 3.84. The molecule has 0 aliphatic rings. The molecule has 3 rings (SSSR count). The molecule has 0 amide bonds. The number of carbonyl (C=O) groups excluding carboxylic acids is 1. The number of ether oxygens (including phenoxy) is 1. The van der Waals surface area contributed by atoms with Gasteiger partial charge in [0, 0.05) is 24.7 Å². The molecule has 3 aromatic rings. The van der Waals surface area contributed by atoms with Crippen molar-refractivity contribution in [2.45, 2.75) is 44.9 Å². The van der Waals surface area contributed by atoms with Crippen molar-refractivity contribution in [2.75, 3.05) is 7.11 Å². The van der Waals surface area contributed by atoms with E-state index in [-0.39, 0.29) is 22.2 Å². The molecule has 0 spiro atoms. The van der Waals surface area contributed by atoms with Crippen LogP contribution in [-0.2, 0) is 9.53 Å². The van der Waals surface area contributed by atoms with E-state index in [1.807, 2.05) is 0 Å². The van der Waals surface area contributed by atoms with E-state index >= 15 is 0 Å². The molecule has 11 heteroatoms. The Kier molecular flexibility index (Phi) is 7.47. The molecule has 1 N–H and O–H groups in total. The van der Waals surface area contributed by atoms with E-state index in [9.17, 15) is 27.2 Å². The van der Waals surface area contributed by atoms with Gasteiger partial charge in [-0.2, -0.15) is 18.2 Å². The Balaban J connectivity index is 1.98. The first-order valence-electron chi connectivity index (χ1n) is 10.5. The summed E-state index contributed by atoms with van der Waals surface area (Å²) < 4.78 is 58.3. The Labute approximate surface area is 203 Å². The number of aryl methyl sites for hydroxylation is 1. The first kappa shape index (κ1) is 26.5. The third-order valence-corrected chi connectivity index (χ3v) is 6.18. The SMILES string of the molecule is COC(C)(C(=O)CC(C)c1ccc(Cl)c(-c2nc(-c3ccc(F)c(C)c3)nc(=O)[nH]2)c1)C(F)(F)F. The molecule has 0 saturated heterocycles. The van der Waals surface area contributed by atoms with Crippen LogP contribution in [0.2, 0.25) is 5.02 Å².